The number of rotatable bonds is 6. The molecule has 1 saturated heterocycles. The van der Waals surface area contributed by atoms with Crippen molar-refractivity contribution in [2.45, 2.75) is 12.8 Å². The first kappa shape index (κ1) is 17.8. The molecule has 1 aliphatic heterocycles. The fourth-order valence-electron chi connectivity index (χ4n) is 3.30. The van der Waals surface area contributed by atoms with Crippen LogP contribution in [0.4, 0.5) is 5.69 Å². The van der Waals surface area contributed by atoms with Crippen LogP contribution < -0.4 is 5.32 Å². The van der Waals surface area contributed by atoms with Gasteiger partial charge in [-0.2, -0.15) is 5.21 Å². The molecule has 1 fully saturated rings. The van der Waals surface area contributed by atoms with Crippen LogP contribution in [0.3, 0.4) is 0 Å². The number of benzene rings is 2. The molecular weight excluding hydrogens is 356 g/mol. The maximum Gasteiger partial charge on any atom is 0.229 e. The molecule has 1 aliphatic rings. The Balaban J connectivity index is 1.32. The zero-order valence-electron chi connectivity index (χ0n) is 15.2. The molecule has 3 aromatic rings. The number of carbonyl (C=O) groups is 2. The van der Waals surface area contributed by atoms with E-state index in [1.807, 2.05) is 42.5 Å². The van der Waals surface area contributed by atoms with Crippen molar-refractivity contribution in [1.29, 1.82) is 0 Å². The minimum atomic E-state index is -0.333. The fraction of sp³-hybridized carbons (Fsp3) is 0.250. The van der Waals surface area contributed by atoms with Gasteiger partial charge in [-0.25, -0.2) is 0 Å². The highest BCUT2D eigenvalue weighted by Gasteiger charge is 2.34. The average Bonchev–Trinajstić information content (AvgIpc) is 3.38. The van der Waals surface area contributed by atoms with E-state index in [2.05, 4.69) is 25.9 Å². The summed E-state index contributed by atoms with van der Waals surface area (Å²) in [5.74, 6) is 0.0555. The molecule has 1 aromatic heterocycles. The van der Waals surface area contributed by atoms with Crippen molar-refractivity contribution in [3.8, 4) is 11.4 Å². The molecule has 8 heteroatoms. The van der Waals surface area contributed by atoms with E-state index in [9.17, 15) is 9.59 Å². The Bertz CT molecular complexity index is 941. The van der Waals surface area contributed by atoms with Gasteiger partial charge in [0.05, 0.1) is 5.92 Å². The minimum Gasteiger partial charge on any atom is -0.342 e. The maximum absolute atomic E-state index is 12.6. The van der Waals surface area contributed by atoms with E-state index in [4.69, 9.17) is 0 Å². The molecule has 2 aromatic carbocycles. The Labute approximate surface area is 162 Å². The SMILES string of the molecule is O=C(Nc1ccc(-c2nn[nH]n2)cc1)C1CC(=O)N(CCc2ccccc2)C1. The number of hydrogen-bond donors (Lipinski definition) is 2. The quantitative estimate of drug-likeness (QED) is 0.684. The second-order valence-corrected chi connectivity index (χ2v) is 6.78. The molecule has 0 bridgehead atoms. The van der Waals surface area contributed by atoms with Crippen LogP contribution in [0.25, 0.3) is 11.4 Å². The predicted molar refractivity (Wildman–Crippen MR) is 103 cm³/mol. The lowest BCUT2D eigenvalue weighted by Crippen LogP contribution is -2.30. The van der Waals surface area contributed by atoms with Crippen molar-refractivity contribution < 1.29 is 9.59 Å². The highest BCUT2D eigenvalue weighted by molar-refractivity contribution is 5.97. The van der Waals surface area contributed by atoms with Gasteiger partial charge in [-0.3, -0.25) is 9.59 Å². The fourth-order valence-corrected chi connectivity index (χ4v) is 3.30. The van der Waals surface area contributed by atoms with E-state index in [0.29, 0.717) is 24.6 Å². The molecule has 1 atom stereocenters. The largest absolute Gasteiger partial charge is 0.342 e. The molecule has 0 spiro atoms. The number of anilines is 1. The number of likely N-dealkylation sites (tertiary alicyclic amines) is 1. The van der Waals surface area contributed by atoms with E-state index in [1.165, 1.54) is 5.56 Å². The molecule has 2 amide bonds. The standard InChI is InChI=1S/C20H20N6O2/c27-18-12-16(13-26(18)11-10-14-4-2-1-3-5-14)20(28)21-17-8-6-15(7-9-17)19-22-24-25-23-19/h1-9,16H,10-13H2,(H,21,28)(H,22,23,24,25). The molecule has 142 valence electrons. The highest BCUT2D eigenvalue weighted by Crippen LogP contribution is 2.22. The van der Waals surface area contributed by atoms with Crippen LogP contribution in [-0.4, -0.2) is 50.4 Å². The number of carbonyl (C=O) groups excluding carboxylic acids is 2. The first-order valence-electron chi connectivity index (χ1n) is 9.15. The Kier molecular flexibility index (Phi) is 5.09. The summed E-state index contributed by atoms with van der Waals surface area (Å²) in [6.45, 7) is 1.09. The topological polar surface area (TPSA) is 104 Å². The Morgan fingerprint density at radius 2 is 1.93 bits per heavy atom. The zero-order chi connectivity index (χ0) is 19.3. The smallest absolute Gasteiger partial charge is 0.229 e. The summed E-state index contributed by atoms with van der Waals surface area (Å²) in [6.07, 6.45) is 1.04. The van der Waals surface area contributed by atoms with Crippen LogP contribution in [0.2, 0.25) is 0 Å². The summed E-state index contributed by atoms with van der Waals surface area (Å²) >= 11 is 0. The van der Waals surface area contributed by atoms with Crippen LogP contribution in [0, 0.1) is 5.92 Å². The van der Waals surface area contributed by atoms with E-state index >= 15 is 0 Å². The molecule has 1 unspecified atom stereocenters. The Hall–Kier alpha value is -3.55. The maximum atomic E-state index is 12.6. The van der Waals surface area contributed by atoms with Crippen LogP contribution >= 0.6 is 0 Å². The molecule has 28 heavy (non-hydrogen) atoms. The highest BCUT2D eigenvalue weighted by atomic mass is 16.2. The third-order valence-corrected chi connectivity index (χ3v) is 4.85. The number of nitrogens with zero attached hydrogens (tertiary/aromatic N) is 4. The van der Waals surface area contributed by atoms with Gasteiger partial charge in [0, 0.05) is 30.8 Å². The van der Waals surface area contributed by atoms with Gasteiger partial charge in [-0.15, -0.1) is 10.2 Å². The van der Waals surface area contributed by atoms with Gasteiger partial charge in [0.2, 0.25) is 17.6 Å². The number of amides is 2. The second-order valence-electron chi connectivity index (χ2n) is 6.78. The summed E-state index contributed by atoms with van der Waals surface area (Å²) in [6, 6.07) is 17.2. The lowest BCUT2D eigenvalue weighted by Gasteiger charge is -2.16. The lowest BCUT2D eigenvalue weighted by molar-refractivity contribution is -0.128. The van der Waals surface area contributed by atoms with Crippen LogP contribution in [-0.2, 0) is 16.0 Å². The van der Waals surface area contributed by atoms with Gasteiger partial charge in [-0.1, -0.05) is 30.3 Å². The normalized spacial score (nSPS) is 16.4. The molecule has 4 rings (SSSR count). The first-order chi connectivity index (χ1) is 13.7. The van der Waals surface area contributed by atoms with Crippen molar-refractivity contribution >= 4 is 17.5 Å². The number of tetrazole rings is 1. The zero-order valence-corrected chi connectivity index (χ0v) is 15.2. The van der Waals surface area contributed by atoms with Gasteiger partial charge in [0.1, 0.15) is 0 Å². The molecule has 0 aliphatic carbocycles. The first-order valence-corrected chi connectivity index (χ1v) is 9.15. The molecule has 2 N–H and O–H groups in total. The Morgan fingerprint density at radius 3 is 2.64 bits per heavy atom. The number of hydrogen-bond acceptors (Lipinski definition) is 5. The monoisotopic (exact) mass is 376 g/mol. The number of nitrogens with one attached hydrogen (secondary N) is 2. The van der Waals surface area contributed by atoms with E-state index in [-0.39, 0.29) is 24.2 Å². The average molecular weight is 376 g/mol. The van der Waals surface area contributed by atoms with Gasteiger partial charge in [-0.05, 0) is 41.5 Å². The van der Waals surface area contributed by atoms with Crippen LogP contribution in [0.15, 0.2) is 54.6 Å². The molecule has 0 saturated carbocycles. The summed E-state index contributed by atoms with van der Waals surface area (Å²) in [7, 11) is 0. The van der Waals surface area contributed by atoms with Crippen molar-refractivity contribution in [3.05, 3.63) is 60.2 Å². The molecular formula is C20H20N6O2. The number of aromatic amines is 1. The third kappa shape index (κ3) is 4.06. The Morgan fingerprint density at radius 1 is 1.14 bits per heavy atom. The molecule has 2 heterocycles. The summed E-state index contributed by atoms with van der Waals surface area (Å²) in [4.78, 5) is 26.6. The summed E-state index contributed by atoms with van der Waals surface area (Å²) < 4.78 is 0. The molecule has 0 radical (unpaired) electrons. The van der Waals surface area contributed by atoms with Crippen molar-refractivity contribution in [2.75, 3.05) is 18.4 Å². The summed E-state index contributed by atoms with van der Waals surface area (Å²) in [5.41, 5.74) is 2.66. The van der Waals surface area contributed by atoms with E-state index in [0.717, 1.165) is 12.0 Å². The third-order valence-electron chi connectivity index (χ3n) is 4.85. The van der Waals surface area contributed by atoms with Crippen LogP contribution in [0.5, 0.6) is 0 Å². The van der Waals surface area contributed by atoms with Crippen molar-refractivity contribution in [2.24, 2.45) is 5.92 Å². The van der Waals surface area contributed by atoms with Crippen LogP contribution in [0.1, 0.15) is 12.0 Å². The molecule has 8 nitrogen and oxygen atoms in total. The van der Waals surface area contributed by atoms with Crippen molar-refractivity contribution in [1.82, 2.24) is 25.5 Å². The van der Waals surface area contributed by atoms with E-state index < -0.39 is 0 Å². The van der Waals surface area contributed by atoms with Crippen molar-refractivity contribution in [3.63, 3.8) is 0 Å². The second kappa shape index (κ2) is 7.99. The lowest BCUT2D eigenvalue weighted by atomic mass is 10.1. The minimum absolute atomic E-state index is 0.0311. The van der Waals surface area contributed by atoms with Gasteiger partial charge < -0.3 is 10.2 Å². The predicted octanol–water partition coefficient (Wildman–Crippen LogP) is 1.90. The number of aromatic nitrogens is 4. The summed E-state index contributed by atoms with van der Waals surface area (Å²) in [5, 5.41) is 16.7. The van der Waals surface area contributed by atoms with Gasteiger partial charge in [0.25, 0.3) is 0 Å². The van der Waals surface area contributed by atoms with Gasteiger partial charge >= 0.3 is 0 Å². The van der Waals surface area contributed by atoms with E-state index in [1.54, 1.807) is 17.0 Å². The number of H-pyrrole nitrogens is 1. The van der Waals surface area contributed by atoms with Gasteiger partial charge in [0.15, 0.2) is 0 Å².